The Kier molecular flexibility index (Phi) is 5.66. The first-order valence-electron chi connectivity index (χ1n) is 6.44. The first-order valence-corrected chi connectivity index (χ1v) is 6.44. The third kappa shape index (κ3) is 6.44. The van der Waals surface area contributed by atoms with E-state index in [9.17, 15) is 0 Å². The molecule has 1 aromatic carbocycles. The Labute approximate surface area is 105 Å². The van der Waals surface area contributed by atoms with E-state index >= 15 is 0 Å². The highest BCUT2D eigenvalue weighted by Crippen LogP contribution is 2.06. The lowest BCUT2D eigenvalue weighted by Crippen LogP contribution is -2.26. The summed E-state index contributed by atoms with van der Waals surface area (Å²) in [6.45, 7) is 11.0. The molecule has 0 unspecified atom stereocenters. The molecule has 1 aromatic rings. The quantitative estimate of drug-likeness (QED) is 0.765. The lowest BCUT2D eigenvalue weighted by Gasteiger charge is -2.19. The van der Waals surface area contributed by atoms with Gasteiger partial charge in [0.15, 0.2) is 0 Å². The summed E-state index contributed by atoms with van der Waals surface area (Å²) in [7, 11) is 0. The highest BCUT2D eigenvalue weighted by molar-refractivity contribution is 5.22. The van der Waals surface area contributed by atoms with Gasteiger partial charge in [-0.15, -0.1) is 0 Å². The van der Waals surface area contributed by atoms with Crippen molar-refractivity contribution < 1.29 is 4.74 Å². The van der Waals surface area contributed by atoms with Crippen LogP contribution >= 0.6 is 0 Å². The predicted molar refractivity (Wildman–Crippen MR) is 73.2 cm³/mol. The van der Waals surface area contributed by atoms with Gasteiger partial charge in [-0.05, 0) is 38.3 Å². The maximum absolute atomic E-state index is 5.64. The minimum Gasteiger partial charge on any atom is -0.375 e. The molecule has 2 heteroatoms. The fourth-order valence-corrected chi connectivity index (χ4v) is 1.55. The number of ether oxygens (including phenoxy) is 1. The molecule has 0 saturated carbocycles. The molecule has 1 N–H and O–H groups in total. The smallest absolute Gasteiger partial charge is 0.0599 e. The van der Waals surface area contributed by atoms with Crippen molar-refractivity contribution >= 4 is 0 Å². The van der Waals surface area contributed by atoms with Crippen LogP contribution in [0.15, 0.2) is 24.3 Å². The summed E-state index contributed by atoms with van der Waals surface area (Å²) in [5, 5.41) is 3.39. The van der Waals surface area contributed by atoms with Crippen LogP contribution < -0.4 is 5.32 Å². The van der Waals surface area contributed by atoms with Gasteiger partial charge >= 0.3 is 0 Å². The van der Waals surface area contributed by atoms with Gasteiger partial charge in [0.05, 0.1) is 12.2 Å². The van der Waals surface area contributed by atoms with Crippen molar-refractivity contribution in [3.63, 3.8) is 0 Å². The number of rotatable bonds is 6. The zero-order valence-corrected chi connectivity index (χ0v) is 11.5. The molecule has 0 saturated heterocycles. The molecule has 2 nitrogen and oxygen atoms in total. The molecule has 0 aliphatic heterocycles. The van der Waals surface area contributed by atoms with Crippen LogP contribution in [0.25, 0.3) is 0 Å². The maximum atomic E-state index is 5.64. The zero-order valence-electron chi connectivity index (χ0n) is 11.5. The standard InChI is InChI=1S/C15H25NO/c1-5-13-6-8-14(9-7-13)12-16-10-11-17-15(2,3)4/h6-9,16H,5,10-12H2,1-4H3. The van der Waals surface area contributed by atoms with Crippen molar-refractivity contribution in [3.05, 3.63) is 35.4 Å². The zero-order chi connectivity index (χ0) is 12.7. The van der Waals surface area contributed by atoms with Crippen molar-refractivity contribution in [1.29, 1.82) is 0 Å². The molecule has 0 heterocycles. The lowest BCUT2D eigenvalue weighted by atomic mass is 10.1. The average Bonchev–Trinajstić information content (AvgIpc) is 2.28. The van der Waals surface area contributed by atoms with Crippen molar-refractivity contribution in [2.75, 3.05) is 13.2 Å². The average molecular weight is 235 g/mol. The topological polar surface area (TPSA) is 21.3 Å². The minimum atomic E-state index is -0.0372. The Morgan fingerprint density at radius 3 is 2.18 bits per heavy atom. The van der Waals surface area contributed by atoms with Crippen molar-refractivity contribution in [1.82, 2.24) is 5.32 Å². The van der Waals surface area contributed by atoms with Crippen LogP contribution in [-0.4, -0.2) is 18.8 Å². The van der Waals surface area contributed by atoms with E-state index in [1.807, 2.05) is 0 Å². The van der Waals surface area contributed by atoms with Crippen LogP contribution in [0.4, 0.5) is 0 Å². The van der Waals surface area contributed by atoms with Gasteiger partial charge in [0.2, 0.25) is 0 Å². The van der Waals surface area contributed by atoms with Crippen LogP contribution in [0.2, 0.25) is 0 Å². The molecule has 0 aliphatic rings. The molecule has 96 valence electrons. The number of hydrogen-bond donors (Lipinski definition) is 1. The van der Waals surface area contributed by atoms with Gasteiger partial charge in [0.25, 0.3) is 0 Å². The van der Waals surface area contributed by atoms with Gasteiger partial charge < -0.3 is 10.1 Å². The Morgan fingerprint density at radius 2 is 1.65 bits per heavy atom. The van der Waals surface area contributed by atoms with E-state index in [2.05, 4.69) is 57.3 Å². The van der Waals surface area contributed by atoms with E-state index < -0.39 is 0 Å². The second kappa shape index (κ2) is 6.77. The second-order valence-corrected chi connectivity index (χ2v) is 5.31. The number of benzene rings is 1. The van der Waals surface area contributed by atoms with Gasteiger partial charge in [0, 0.05) is 13.1 Å². The van der Waals surface area contributed by atoms with Crippen LogP contribution in [0.3, 0.4) is 0 Å². The molecular weight excluding hydrogens is 210 g/mol. The van der Waals surface area contributed by atoms with Crippen LogP contribution in [0.5, 0.6) is 0 Å². The minimum absolute atomic E-state index is 0.0372. The predicted octanol–water partition coefficient (Wildman–Crippen LogP) is 3.15. The van der Waals surface area contributed by atoms with Gasteiger partial charge in [-0.2, -0.15) is 0 Å². The second-order valence-electron chi connectivity index (χ2n) is 5.31. The highest BCUT2D eigenvalue weighted by Gasteiger charge is 2.08. The monoisotopic (exact) mass is 235 g/mol. The summed E-state index contributed by atoms with van der Waals surface area (Å²) < 4.78 is 5.64. The van der Waals surface area contributed by atoms with Gasteiger partial charge in [-0.3, -0.25) is 0 Å². The van der Waals surface area contributed by atoms with E-state index in [1.165, 1.54) is 11.1 Å². The number of hydrogen-bond acceptors (Lipinski definition) is 2. The SMILES string of the molecule is CCc1ccc(CNCCOC(C)(C)C)cc1. The summed E-state index contributed by atoms with van der Waals surface area (Å²) in [6.07, 6.45) is 1.10. The summed E-state index contributed by atoms with van der Waals surface area (Å²) in [5.41, 5.74) is 2.69. The van der Waals surface area contributed by atoms with E-state index in [1.54, 1.807) is 0 Å². The Hall–Kier alpha value is -0.860. The molecule has 17 heavy (non-hydrogen) atoms. The van der Waals surface area contributed by atoms with E-state index in [0.717, 1.165) is 26.1 Å². The summed E-state index contributed by atoms with van der Waals surface area (Å²) in [4.78, 5) is 0. The third-order valence-corrected chi connectivity index (χ3v) is 2.57. The summed E-state index contributed by atoms with van der Waals surface area (Å²) >= 11 is 0. The van der Waals surface area contributed by atoms with E-state index in [0.29, 0.717) is 0 Å². The number of nitrogens with one attached hydrogen (secondary N) is 1. The molecule has 0 amide bonds. The molecule has 0 fully saturated rings. The van der Waals surface area contributed by atoms with Crippen LogP contribution in [0, 0.1) is 0 Å². The first kappa shape index (κ1) is 14.2. The lowest BCUT2D eigenvalue weighted by molar-refractivity contribution is -0.000885. The molecule has 0 bridgehead atoms. The fourth-order valence-electron chi connectivity index (χ4n) is 1.55. The molecule has 1 rings (SSSR count). The van der Waals surface area contributed by atoms with Gasteiger partial charge in [-0.1, -0.05) is 31.2 Å². The molecular formula is C15H25NO. The van der Waals surface area contributed by atoms with Crippen LogP contribution in [-0.2, 0) is 17.7 Å². The first-order chi connectivity index (χ1) is 8.01. The molecule has 0 aromatic heterocycles. The molecule has 0 aliphatic carbocycles. The van der Waals surface area contributed by atoms with Crippen LogP contribution in [0.1, 0.15) is 38.8 Å². The normalized spacial score (nSPS) is 11.8. The van der Waals surface area contributed by atoms with Crippen molar-refractivity contribution in [2.45, 2.75) is 46.3 Å². The fraction of sp³-hybridized carbons (Fsp3) is 0.600. The van der Waals surface area contributed by atoms with E-state index in [4.69, 9.17) is 4.74 Å². The number of aryl methyl sites for hydroxylation is 1. The summed E-state index contributed by atoms with van der Waals surface area (Å²) in [6, 6.07) is 8.78. The third-order valence-electron chi connectivity index (χ3n) is 2.57. The van der Waals surface area contributed by atoms with Crippen molar-refractivity contribution in [3.8, 4) is 0 Å². The largest absolute Gasteiger partial charge is 0.375 e. The maximum Gasteiger partial charge on any atom is 0.0599 e. The molecule has 0 atom stereocenters. The summed E-state index contributed by atoms with van der Waals surface area (Å²) in [5.74, 6) is 0. The van der Waals surface area contributed by atoms with Gasteiger partial charge in [-0.25, -0.2) is 0 Å². The molecule has 0 spiro atoms. The molecule has 0 radical (unpaired) electrons. The van der Waals surface area contributed by atoms with E-state index in [-0.39, 0.29) is 5.60 Å². The Morgan fingerprint density at radius 1 is 1.06 bits per heavy atom. The Bertz CT molecular complexity index is 311. The highest BCUT2D eigenvalue weighted by atomic mass is 16.5. The van der Waals surface area contributed by atoms with Crippen molar-refractivity contribution in [2.24, 2.45) is 0 Å². The Balaban J connectivity index is 2.18. The van der Waals surface area contributed by atoms with Gasteiger partial charge in [0.1, 0.15) is 0 Å².